The number of rotatable bonds is 6. The Kier molecular flexibility index (Phi) is 6.51. The molecular weight excluding hydrogens is 568 g/mol. The fourth-order valence-electron chi connectivity index (χ4n) is 5.23. The molecule has 6 aromatic rings. The van der Waals surface area contributed by atoms with Crippen molar-refractivity contribution in [3.63, 3.8) is 0 Å². The smallest absolute Gasteiger partial charge is 0.169 e. The van der Waals surface area contributed by atoms with Crippen molar-refractivity contribution >= 4 is 43.8 Å². The number of fused-ring (bicyclic) bond motifs is 2. The zero-order valence-corrected chi connectivity index (χ0v) is 23.3. The molecule has 0 saturated carbocycles. The lowest BCUT2D eigenvalue weighted by Gasteiger charge is -2.26. The highest BCUT2D eigenvalue weighted by molar-refractivity contribution is 9.10. The molecule has 0 atom stereocenters. The molecule has 3 N–H and O–H groups in total. The summed E-state index contributed by atoms with van der Waals surface area (Å²) < 4.78 is 8.39. The van der Waals surface area contributed by atoms with Gasteiger partial charge in [0.05, 0.1) is 35.3 Å². The maximum absolute atomic E-state index is 6.39. The fraction of sp³-hybridized carbons (Fsp3) is 0.200. The maximum Gasteiger partial charge on any atom is 0.169 e. The normalized spacial score (nSPS) is 14.3. The van der Waals surface area contributed by atoms with E-state index in [1.54, 1.807) is 0 Å². The highest BCUT2D eigenvalue weighted by Crippen LogP contribution is 2.33. The van der Waals surface area contributed by atoms with Gasteiger partial charge in [-0.3, -0.25) is 4.90 Å². The highest BCUT2D eigenvalue weighted by atomic mass is 79.9. The Hall–Kier alpha value is -4.12. The molecular formula is C30H27BrN8O. The van der Waals surface area contributed by atoms with Gasteiger partial charge in [-0.2, -0.15) is 5.10 Å². The number of nitrogens with one attached hydrogen (secondary N) is 1. The average molecular weight is 596 g/mol. The number of ether oxygens (including phenoxy) is 1. The number of imidazole rings is 1. The molecule has 3 aromatic heterocycles. The predicted molar refractivity (Wildman–Crippen MR) is 159 cm³/mol. The maximum atomic E-state index is 6.39. The van der Waals surface area contributed by atoms with Crippen LogP contribution in [0.3, 0.4) is 0 Å². The lowest BCUT2D eigenvalue weighted by atomic mass is 10.1. The Balaban J connectivity index is 1.23. The van der Waals surface area contributed by atoms with Gasteiger partial charge >= 0.3 is 0 Å². The van der Waals surface area contributed by atoms with Gasteiger partial charge in [0.1, 0.15) is 23.7 Å². The third-order valence-corrected chi connectivity index (χ3v) is 8.08. The number of hydrogen-bond acceptors (Lipinski definition) is 7. The number of nitrogens with zero attached hydrogens (tertiary/aromatic N) is 6. The minimum atomic E-state index is 0.398. The highest BCUT2D eigenvalue weighted by Gasteiger charge is 2.19. The van der Waals surface area contributed by atoms with E-state index in [1.165, 1.54) is 17.5 Å². The summed E-state index contributed by atoms with van der Waals surface area (Å²) in [5, 5.41) is 5.72. The van der Waals surface area contributed by atoms with E-state index in [9.17, 15) is 0 Å². The van der Waals surface area contributed by atoms with Gasteiger partial charge in [-0.05, 0) is 41.5 Å². The largest absolute Gasteiger partial charge is 0.383 e. The summed E-state index contributed by atoms with van der Waals surface area (Å²) in [5.41, 5.74) is 13.9. The number of H-pyrrole nitrogens is 1. The minimum Gasteiger partial charge on any atom is -0.383 e. The number of hydrogen-bond donors (Lipinski definition) is 2. The lowest BCUT2D eigenvalue weighted by Crippen LogP contribution is -2.35. The molecule has 10 heteroatoms. The molecule has 1 aliphatic heterocycles. The van der Waals surface area contributed by atoms with Crippen molar-refractivity contribution in [3.05, 3.63) is 94.5 Å². The Bertz CT molecular complexity index is 1820. The second kappa shape index (κ2) is 10.5. The van der Waals surface area contributed by atoms with Crippen molar-refractivity contribution < 1.29 is 4.74 Å². The van der Waals surface area contributed by atoms with Crippen LogP contribution in [0.5, 0.6) is 0 Å². The van der Waals surface area contributed by atoms with Crippen molar-refractivity contribution in [1.29, 1.82) is 0 Å². The fourth-order valence-corrected chi connectivity index (χ4v) is 5.66. The van der Waals surface area contributed by atoms with E-state index < -0.39 is 0 Å². The second-order valence-corrected chi connectivity index (χ2v) is 10.8. The monoisotopic (exact) mass is 594 g/mol. The zero-order valence-electron chi connectivity index (χ0n) is 21.7. The zero-order chi connectivity index (χ0) is 27.1. The molecule has 0 amide bonds. The van der Waals surface area contributed by atoms with Gasteiger partial charge in [-0.15, -0.1) is 0 Å². The van der Waals surface area contributed by atoms with Crippen LogP contribution < -0.4 is 5.73 Å². The summed E-state index contributed by atoms with van der Waals surface area (Å²) in [6.07, 6.45) is 2.18. The van der Waals surface area contributed by atoms with Crippen LogP contribution in [0.15, 0.2) is 77.5 Å². The number of halogens is 1. The van der Waals surface area contributed by atoms with Crippen LogP contribution in [-0.4, -0.2) is 60.9 Å². The molecule has 0 bridgehead atoms. The molecule has 1 saturated heterocycles. The number of morpholine rings is 1. The van der Waals surface area contributed by atoms with E-state index >= 15 is 0 Å². The molecule has 40 heavy (non-hydrogen) atoms. The van der Waals surface area contributed by atoms with Crippen LogP contribution >= 0.6 is 15.9 Å². The Morgan fingerprint density at radius 2 is 1.80 bits per heavy atom. The van der Waals surface area contributed by atoms with Crippen molar-refractivity contribution in [2.75, 3.05) is 32.0 Å². The first-order valence-corrected chi connectivity index (χ1v) is 14.0. The van der Waals surface area contributed by atoms with E-state index in [4.69, 9.17) is 20.6 Å². The Morgan fingerprint density at radius 3 is 2.62 bits per heavy atom. The molecule has 0 spiro atoms. The standard InChI is InChI=1S/C30H27BrN8O/c31-23-4-2-1-3-20(23)16-26-35-24-10-7-21(15-25(24)36-26)28-27-29(32)33-18-34-30(27)39(37-28)22-8-5-19(6-9-22)17-38-11-13-40-14-12-38/h1-10,15,18H,11-14,16-17H2,(H,35,36)(H2,32,33,34). The van der Waals surface area contributed by atoms with Crippen LogP contribution in [-0.2, 0) is 17.7 Å². The first-order valence-electron chi connectivity index (χ1n) is 13.2. The van der Waals surface area contributed by atoms with Crippen molar-refractivity contribution in [2.24, 2.45) is 0 Å². The van der Waals surface area contributed by atoms with Gasteiger partial charge in [0.2, 0.25) is 0 Å². The predicted octanol–water partition coefficient (Wildman–Crippen LogP) is 5.13. The Morgan fingerprint density at radius 1 is 0.975 bits per heavy atom. The van der Waals surface area contributed by atoms with Crippen LogP contribution in [0.4, 0.5) is 5.82 Å². The Labute approximate surface area is 239 Å². The number of benzene rings is 3. The summed E-state index contributed by atoms with van der Waals surface area (Å²) in [4.78, 5) is 19.5. The van der Waals surface area contributed by atoms with Crippen LogP contribution in [0, 0.1) is 0 Å². The van der Waals surface area contributed by atoms with Gasteiger partial charge in [-0.1, -0.05) is 52.3 Å². The summed E-state index contributed by atoms with van der Waals surface area (Å²) in [7, 11) is 0. The van der Waals surface area contributed by atoms with Gasteiger partial charge in [0.25, 0.3) is 0 Å². The third-order valence-electron chi connectivity index (χ3n) is 7.30. The number of anilines is 1. The molecule has 9 nitrogen and oxygen atoms in total. The summed E-state index contributed by atoms with van der Waals surface area (Å²) in [6, 6.07) is 22.7. The molecule has 4 heterocycles. The van der Waals surface area contributed by atoms with Crippen LogP contribution in [0.25, 0.3) is 39.0 Å². The van der Waals surface area contributed by atoms with Gasteiger partial charge < -0.3 is 15.5 Å². The molecule has 1 fully saturated rings. The number of nitrogens with two attached hydrogens (primary N) is 1. The summed E-state index contributed by atoms with van der Waals surface area (Å²) >= 11 is 3.63. The van der Waals surface area contributed by atoms with E-state index in [0.29, 0.717) is 17.9 Å². The van der Waals surface area contributed by atoms with Crippen LogP contribution in [0.1, 0.15) is 17.0 Å². The third kappa shape index (κ3) is 4.74. The van der Waals surface area contributed by atoms with E-state index in [0.717, 1.165) is 76.5 Å². The number of nitrogen functional groups attached to an aromatic ring is 1. The quantitative estimate of drug-likeness (QED) is 0.275. The number of aromatic nitrogens is 6. The van der Waals surface area contributed by atoms with E-state index in [-0.39, 0.29) is 0 Å². The van der Waals surface area contributed by atoms with Crippen molar-refractivity contribution in [2.45, 2.75) is 13.0 Å². The minimum absolute atomic E-state index is 0.398. The van der Waals surface area contributed by atoms with Crippen LogP contribution in [0.2, 0.25) is 0 Å². The number of aromatic amines is 1. The SMILES string of the molecule is Nc1ncnc2c1c(-c1ccc3nc(Cc4ccccc4Br)[nH]c3c1)nn2-c1ccc(CN2CCOCC2)cc1. The molecule has 3 aromatic carbocycles. The average Bonchev–Trinajstić information content (AvgIpc) is 3.57. The molecule has 0 aliphatic carbocycles. The second-order valence-electron chi connectivity index (χ2n) is 9.96. The van der Waals surface area contributed by atoms with Gasteiger partial charge in [-0.25, -0.2) is 19.6 Å². The molecule has 7 rings (SSSR count). The van der Waals surface area contributed by atoms with Gasteiger partial charge in [0, 0.05) is 36.1 Å². The van der Waals surface area contributed by atoms with Crippen molar-refractivity contribution in [3.8, 4) is 16.9 Å². The van der Waals surface area contributed by atoms with E-state index in [1.807, 2.05) is 35.0 Å². The van der Waals surface area contributed by atoms with E-state index in [2.05, 4.69) is 72.2 Å². The summed E-state index contributed by atoms with van der Waals surface area (Å²) in [6.45, 7) is 4.39. The first-order chi connectivity index (χ1) is 19.6. The lowest BCUT2D eigenvalue weighted by molar-refractivity contribution is 0.0342. The summed E-state index contributed by atoms with van der Waals surface area (Å²) in [5.74, 6) is 1.30. The topological polar surface area (TPSA) is 111 Å². The van der Waals surface area contributed by atoms with Gasteiger partial charge in [0.15, 0.2) is 5.65 Å². The molecule has 1 aliphatic rings. The molecule has 0 unspecified atom stereocenters. The van der Waals surface area contributed by atoms with Crippen molar-refractivity contribution in [1.82, 2.24) is 34.6 Å². The molecule has 0 radical (unpaired) electrons. The molecule has 200 valence electrons. The first kappa shape index (κ1) is 24.9.